The smallest absolute Gasteiger partial charge is 0.356 e. The lowest BCUT2D eigenvalue weighted by molar-refractivity contribution is 0.0592. The van der Waals surface area contributed by atoms with Crippen LogP contribution in [0.1, 0.15) is 48.7 Å². The first kappa shape index (κ1) is 25.5. The lowest BCUT2D eigenvalue weighted by Crippen LogP contribution is -2.09. The first-order chi connectivity index (χ1) is 14.6. The number of pyridine rings is 2. The number of aromatic carboxylic acids is 1. The van der Waals surface area contributed by atoms with Crippen LogP contribution < -0.4 is 18.9 Å². The lowest BCUT2D eigenvalue weighted by atomic mass is 10.3. The van der Waals surface area contributed by atoms with E-state index in [4.69, 9.17) is 24.1 Å². The van der Waals surface area contributed by atoms with Crippen LogP contribution in [0.2, 0.25) is 0 Å². The number of hydrogen-bond acceptors (Lipinski definition) is 9. The SMILES string of the molecule is COC(=O)c1cc(OC)c(OC(C)C)cn1.COc1cc(C(=O)O)ncc1OC(C)C. The van der Waals surface area contributed by atoms with Crippen molar-refractivity contribution in [3.05, 3.63) is 35.9 Å². The van der Waals surface area contributed by atoms with Crippen LogP contribution in [0.4, 0.5) is 0 Å². The summed E-state index contributed by atoms with van der Waals surface area (Å²) in [6.07, 6.45) is 2.80. The molecule has 170 valence electrons. The van der Waals surface area contributed by atoms with Crippen LogP contribution in [0.15, 0.2) is 24.5 Å². The van der Waals surface area contributed by atoms with E-state index >= 15 is 0 Å². The van der Waals surface area contributed by atoms with Crippen molar-refractivity contribution < 1.29 is 38.4 Å². The van der Waals surface area contributed by atoms with Gasteiger partial charge in [-0.15, -0.1) is 0 Å². The summed E-state index contributed by atoms with van der Waals surface area (Å²) in [5.41, 5.74) is 0.124. The molecule has 0 unspecified atom stereocenters. The van der Waals surface area contributed by atoms with Gasteiger partial charge in [-0.05, 0) is 27.7 Å². The van der Waals surface area contributed by atoms with Gasteiger partial charge in [0.05, 0.1) is 45.9 Å². The van der Waals surface area contributed by atoms with E-state index in [9.17, 15) is 9.59 Å². The number of hydrogen-bond donors (Lipinski definition) is 1. The van der Waals surface area contributed by atoms with E-state index in [-0.39, 0.29) is 23.6 Å². The van der Waals surface area contributed by atoms with Crippen LogP contribution in [0.25, 0.3) is 0 Å². The Morgan fingerprint density at radius 3 is 1.55 bits per heavy atom. The molecule has 2 aromatic heterocycles. The molecule has 10 nitrogen and oxygen atoms in total. The third-order valence-corrected chi connectivity index (χ3v) is 3.44. The van der Waals surface area contributed by atoms with Gasteiger partial charge in [0.25, 0.3) is 0 Å². The Kier molecular flexibility index (Phi) is 10.0. The van der Waals surface area contributed by atoms with Crippen molar-refractivity contribution in [3.8, 4) is 23.0 Å². The number of carboxylic acid groups (broad SMARTS) is 1. The summed E-state index contributed by atoms with van der Waals surface area (Å²) in [5.74, 6) is 0.182. The Hall–Kier alpha value is -3.56. The summed E-state index contributed by atoms with van der Waals surface area (Å²) in [7, 11) is 4.26. The average molecular weight is 436 g/mol. The second-order valence-electron chi connectivity index (χ2n) is 6.57. The third kappa shape index (κ3) is 8.00. The van der Waals surface area contributed by atoms with Crippen LogP contribution in [-0.4, -0.2) is 60.6 Å². The van der Waals surface area contributed by atoms with Gasteiger partial charge in [-0.2, -0.15) is 0 Å². The van der Waals surface area contributed by atoms with E-state index in [1.807, 2.05) is 27.7 Å². The van der Waals surface area contributed by atoms with Gasteiger partial charge in [0.2, 0.25) is 0 Å². The molecule has 0 fully saturated rings. The van der Waals surface area contributed by atoms with Gasteiger partial charge < -0.3 is 28.8 Å². The predicted molar refractivity (Wildman–Crippen MR) is 111 cm³/mol. The van der Waals surface area contributed by atoms with E-state index in [1.165, 1.54) is 45.9 Å². The van der Waals surface area contributed by atoms with Crippen molar-refractivity contribution in [1.29, 1.82) is 0 Å². The first-order valence-corrected chi connectivity index (χ1v) is 9.35. The van der Waals surface area contributed by atoms with Crippen molar-refractivity contribution in [1.82, 2.24) is 9.97 Å². The molecule has 2 rings (SSSR count). The monoisotopic (exact) mass is 436 g/mol. The summed E-state index contributed by atoms with van der Waals surface area (Å²) in [6.45, 7) is 7.52. The lowest BCUT2D eigenvalue weighted by Gasteiger charge is -2.13. The molecule has 0 radical (unpaired) electrons. The Labute approximate surface area is 181 Å². The van der Waals surface area contributed by atoms with Crippen molar-refractivity contribution in [2.24, 2.45) is 0 Å². The molecule has 0 saturated heterocycles. The number of carbonyl (C=O) groups is 2. The van der Waals surface area contributed by atoms with Gasteiger partial charge in [0, 0.05) is 12.1 Å². The molecule has 0 aliphatic carbocycles. The zero-order valence-corrected chi connectivity index (χ0v) is 18.7. The van der Waals surface area contributed by atoms with Crippen LogP contribution in [0, 0.1) is 0 Å². The van der Waals surface area contributed by atoms with E-state index in [0.29, 0.717) is 23.0 Å². The Morgan fingerprint density at radius 1 is 0.774 bits per heavy atom. The molecule has 31 heavy (non-hydrogen) atoms. The van der Waals surface area contributed by atoms with Crippen molar-refractivity contribution >= 4 is 11.9 Å². The second kappa shape index (κ2) is 12.2. The number of nitrogens with zero attached hydrogens (tertiary/aromatic N) is 2. The highest BCUT2D eigenvalue weighted by Crippen LogP contribution is 2.28. The zero-order chi connectivity index (χ0) is 23.6. The second-order valence-corrected chi connectivity index (χ2v) is 6.57. The van der Waals surface area contributed by atoms with E-state index < -0.39 is 11.9 Å². The topological polar surface area (TPSA) is 126 Å². The van der Waals surface area contributed by atoms with Gasteiger partial charge in [-0.1, -0.05) is 0 Å². The fourth-order valence-electron chi connectivity index (χ4n) is 2.19. The van der Waals surface area contributed by atoms with Gasteiger partial charge in [-0.25, -0.2) is 19.6 Å². The number of carboxylic acids is 1. The molecule has 2 heterocycles. The molecule has 0 spiro atoms. The number of methoxy groups -OCH3 is 3. The quantitative estimate of drug-likeness (QED) is 0.616. The predicted octanol–water partition coefficient (Wildman–Crippen LogP) is 3.24. The number of carbonyl (C=O) groups excluding carboxylic acids is 1. The standard InChI is InChI=1S/C11H15NO4.C10H13NO4/c1-7(2)16-10-6-12-8(11(13)15-4)5-9(10)14-3;1-6(2)15-9-5-11-7(10(12)13)4-8(9)14-3/h5-7H,1-4H3;4-6H,1-3H3,(H,12,13). The fraction of sp³-hybridized carbons (Fsp3) is 0.429. The molecule has 2 aromatic rings. The maximum absolute atomic E-state index is 11.2. The maximum atomic E-state index is 11.2. The van der Waals surface area contributed by atoms with Crippen molar-refractivity contribution in [2.75, 3.05) is 21.3 Å². The molecule has 0 amide bonds. The molecular weight excluding hydrogens is 408 g/mol. The molecule has 0 saturated carbocycles. The summed E-state index contributed by atoms with van der Waals surface area (Å²) < 4.78 is 25.5. The number of esters is 1. The number of aromatic nitrogens is 2. The van der Waals surface area contributed by atoms with Gasteiger partial charge in [0.15, 0.2) is 34.4 Å². The molecule has 0 aliphatic heterocycles. The molecule has 0 atom stereocenters. The Bertz CT molecular complexity index is 884. The molecule has 1 N–H and O–H groups in total. The van der Waals surface area contributed by atoms with Gasteiger partial charge >= 0.3 is 11.9 Å². The maximum Gasteiger partial charge on any atom is 0.356 e. The molecular formula is C21H28N2O8. The van der Waals surface area contributed by atoms with Crippen LogP contribution in [-0.2, 0) is 4.74 Å². The minimum Gasteiger partial charge on any atom is -0.493 e. The highest BCUT2D eigenvalue weighted by atomic mass is 16.5. The zero-order valence-electron chi connectivity index (χ0n) is 18.7. The highest BCUT2D eigenvalue weighted by Gasteiger charge is 2.14. The summed E-state index contributed by atoms with van der Waals surface area (Å²) in [5, 5.41) is 8.72. The van der Waals surface area contributed by atoms with Crippen LogP contribution in [0.5, 0.6) is 23.0 Å². The van der Waals surface area contributed by atoms with Crippen LogP contribution >= 0.6 is 0 Å². The van der Waals surface area contributed by atoms with Crippen LogP contribution in [0.3, 0.4) is 0 Å². The minimum absolute atomic E-state index is 0.0136. The molecule has 0 aromatic carbocycles. The van der Waals surface area contributed by atoms with E-state index in [0.717, 1.165) is 0 Å². The largest absolute Gasteiger partial charge is 0.493 e. The molecule has 10 heteroatoms. The Morgan fingerprint density at radius 2 is 1.19 bits per heavy atom. The minimum atomic E-state index is -1.09. The summed E-state index contributed by atoms with van der Waals surface area (Å²) >= 11 is 0. The number of rotatable bonds is 8. The van der Waals surface area contributed by atoms with E-state index in [1.54, 1.807) is 0 Å². The third-order valence-electron chi connectivity index (χ3n) is 3.44. The Balaban J connectivity index is 0.000000311. The summed E-state index contributed by atoms with van der Waals surface area (Å²) in [6, 6.07) is 2.82. The average Bonchev–Trinajstić information content (AvgIpc) is 2.73. The van der Waals surface area contributed by atoms with Gasteiger partial charge in [0.1, 0.15) is 0 Å². The van der Waals surface area contributed by atoms with Crippen molar-refractivity contribution in [2.45, 2.75) is 39.9 Å². The molecule has 0 aliphatic rings. The van der Waals surface area contributed by atoms with Gasteiger partial charge in [-0.3, -0.25) is 0 Å². The summed E-state index contributed by atoms with van der Waals surface area (Å²) in [4.78, 5) is 29.5. The van der Waals surface area contributed by atoms with Crippen molar-refractivity contribution in [3.63, 3.8) is 0 Å². The molecule has 0 bridgehead atoms. The number of ether oxygens (including phenoxy) is 5. The fourth-order valence-corrected chi connectivity index (χ4v) is 2.19. The highest BCUT2D eigenvalue weighted by molar-refractivity contribution is 5.87. The normalized spacial score (nSPS) is 10.1. The van der Waals surface area contributed by atoms with E-state index in [2.05, 4.69) is 14.7 Å². The first-order valence-electron chi connectivity index (χ1n) is 9.35.